The zero-order chi connectivity index (χ0) is 20.4. The molecule has 0 aliphatic heterocycles. The standard InChI is InChI=1S/C21H25N3O3S/c1-2-3-4-5-13-27-18-11-9-15(10-12-18)20(26)24-21(28)23-17-8-6-7-16(14-17)19(22)25/h6-12,14H,2-5,13H2,1H3,(H2,22,25)(H2,23,24,26,28). The molecular formula is C21H25N3O3S. The molecule has 4 N–H and O–H groups in total. The predicted molar refractivity (Wildman–Crippen MR) is 115 cm³/mol. The van der Waals surface area contributed by atoms with Crippen molar-refractivity contribution in [3.63, 3.8) is 0 Å². The van der Waals surface area contributed by atoms with Crippen LogP contribution in [0.15, 0.2) is 48.5 Å². The first-order valence-corrected chi connectivity index (χ1v) is 9.65. The second kappa shape index (κ2) is 11.0. The number of carbonyl (C=O) groups excluding carboxylic acids is 2. The lowest BCUT2D eigenvalue weighted by atomic mass is 10.2. The van der Waals surface area contributed by atoms with Crippen LogP contribution in [0.5, 0.6) is 5.75 Å². The van der Waals surface area contributed by atoms with Gasteiger partial charge in [0.2, 0.25) is 5.91 Å². The summed E-state index contributed by atoms with van der Waals surface area (Å²) in [6.07, 6.45) is 4.58. The van der Waals surface area contributed by atoms with Crippen LogP contribution in [-0.2, 0) is 0 Å². The highest BCUT2D eigenvalue weighted by Crippen LogP contribution is 2.14. The topological polar surface area (TPSA) is 93.4 Å². The summed E-state index contributed by atoms with van der Waals surface area (Å²) in [7, 11) is 0. The number of anilines is 1. The van der Waals surface area contributed by atoms with Crippen molar-refractivity contribution in [2.45, 2.75) is 32.6 Å². The van der Waals surface area contributed by atoms with Crippen LogP contribution >= 0.6 is 12.2 Å². The van der Waals surface area contributed by atoms with Gasteiger partial charge in [0.1, 0.15) is 5.75 Å². The molecule has 6 nitrogen and oxygen atoms in total. The lowest BCUT2D eigenvalue weighted by Crippen LogP contribution is -2.34. The summed E-state index contributed by atoms with van der Waals surface area (Å²) >= 11 is 5.16. The maximum atomic E-state index is 12.3. The summed E-state index contributed by atoms with van der Waals surface area (Å²) in [5.74, 6) is -0.138. The molecule has 0 aliphatic rings. The van der Waals surface area contributed by atoms with Gasteiger partial charge in [-0.3, -0.25) is 14.9 Å². The quantitative estimate of drug-likeness (QED) is 0.440. The molecule has 28 heavy (non-hydrogen) atoms. The first-order chi connectivity index (χ1) is 13.5. The summed E-state index contributed by atoms with van der Waals surface area (Å²) < 4.78 is 5.67. The van der Waals surface area contributed by atoms with Crippen molar-refractivity contribution < 1.29 is 14.3 Å². The van der Waals surface area contributed by atoms with Crippen molar-refractivity contribution in [2.24, 2.45) is 5.73 Å². The summed E-state index contributed by atoms with van der Waals surface area (Å²) in [4.78, 5) is 23.5. The lowest BCUT2D eigenvalue weighted by molar-refractivity contribution is 0.0974. The average molecular weight is 400 g/mol. The Labute approximate surface area is 170 Å². The highest BCUT2D eigenvalue weighted by Gasteiger charge is 2.09. The highest BCUT2D eigenvalue weighted by molar-refractivity contribution is 7.80. The Morgan fingerprint density at radius 1 is 1.04 bits per heavy atom. The van der Waals surface area contributed by atoms with Crippen LogP contribution in [0.3, 0.4) is 0 Å². The first-order valence-electron chi connectivity index (χ1n) is 9.24. The van der Waals surface area contributed by atoms with Gasteiger partial charge in [-0.25, -0.2) is 0 Å². The molecule has 0 fully saturated rings. The molecule has 0 aliphatic carbocycles. The number of nitrogens with two attached hydrogens (primary N) is 1. The van der Waals surface area contributed by atoms with Crippen LogP contribution in [0.2, 0.25) is 0 Å². The van der Waals surface area contributed by atoms with E-state index < -0.39 is 5.91 Å². The molecule has 0 saturated carbocycles. The van der Waals surface area contributed by atoms with E-state index in [0.29, 0.717) is 23.4 Å². The fraction of sp³-hybridized carbons (Fsp3) is 0.286. The van der Waals surface area contributed by atoms with Crippen molar-refractivity contribution in [2.75, 3.05) is 11.9 Å². The third kappa shape index (κ3) is 7.00. The predicted octanol–water partition coefficient (Wildman–Crippen LogP) is 3.87. The molecule has 7 heteroatoms. The summed E-state index contributed by atoms with van der Waals surface area (Å²) in [6.45, 7) is 2.84. The number of primary amides is 1. The molecular weight excluding hydrogens is 374 g/mol. The minimum atomic E-state index is -0.536. The summed E-state index contributed by atoms with van der Waals surface area (Å²) in [5.41, 5.74) is 6.64. The first kappa shape index (κ1) is 21.4. The Morgan fingerprint density at radius 3 is 2.46 bits per heavy atom. The Kier molecular flexibility index (Phi) is 8.42. The minimum absolute atomic E-state index is 0.128. The number of hydrogen-bond acceptors (Lipinski definition) is 4. The SMILES string of the molecule is CCCCCCOc1ccc(C(=O)NC(=S)Nc2cccc(C(N)=O)c2)cc1. The number of nitrogens with one attached hydrogen (secondary N) is 2. The fourth-order valence-corrected chi connectivity index (χ4v) is 2.72. The zero-order valence-electron chi connectivity index (χ0n) is 15.9. The Hall–Kier alpha value is -2.93. The highest BCUT2D eigenvalue weighted by atomic mass is 32.1. The second-order valence-corrected chi connectivity index (χ2v) is 6.70. The molecule has 0 aromatic heterocycles. The molecule has 0 atom stereocenters. The van der Waals surface area contributed by atoms with Crippen LogP contribution in [0.25, 0.3) is 0 Å². The van der Waals surface area contributed by atoms with E-state index in [1.165, 1.54) is 12.8 Å². The van der Waals surface area contributed by atoms with Gasteiger partial charge in [-0.2, -0.15) is 0 Å². The molecule has 0 bridgehead atoms. The number of thiocarbonyl (C=S) groups is 1. The monoisotopic (exact) mass is 399 g/mol. The van der Waals surface area contributed by atoms with Gasteiger partial charge in [-0.05, 0) is 61.1 Å². The van der Waals surface area contributed by atoms with Crippen LogP contribution in [-0.4, -0.2) is 23.5 Å². The van der Waals surface area contributed by atoms with Gasteiger partial charge < -0.3 is 15.8 Å². The minimum Gasteiger partial charge on any atom is -0.494 e. The Bertz CT molecular complexity index is 822. The molecule has 148 valence electrons. The van der Waals surface area contributed by atoms with Gasteiger partial charge in [-0.15, -0.1) is 0 Å². The molecule has 0 spiro atoms. The molecule has 0 heterocycles. The van der Waals surface area contributed by atoms with Crippen molar-refractivity contribution in [3.05, 3.63) is 59.7 Å². The number of carbonyl (C=O) groups is 2. The smallest absolute Gasteiger partial charge is 0.257 e. The van der Waals surface area contributed by atoms with E-state index in [1.54, 1.807) is 48.5 Å². The van der Waals surface area contributed by atoms with E-state index in [4.69, 9.17) is 22.7 Å². The fourth-order valence-electron chi connectivity index (χ4n) is 2.51. The van der Waals surface area contributed by atoms with E-state index in [9.17, 15) is 9.59 Å². The Balaban J connectivity index is 1.84. The molecule has 2 rings (SSSR count). The van der Waals surface area contributed by atoms with Crippen molar-refractivity contribution >= 4 is 34.8 Å². The lowest BCUT2D eigenvalue weighted by Gasteiger charge is -2.11. The van der Waals surface area contributed by atoms with E-state index in [2.05, 4.69) is 17.6 Å². The molecule has 2 aromatic rings. The number of benzene rings is 2. The summed E-state index contributed by atoms with van der Waals surface area (Å²) in [6, 6.07) is 13.5. The molecule has 2 amide bonds. The van der Waals surface area contributed by atoms with Crippen LogP contribution in [0.4, 0.5) is 5.69 Å². The summed E-state index contributed by atoms with van der Waals surface area (Å²) in [5, 5.41) is 5.59. The molecule has 0 unspecified atom stereocenters. The van der Waals surface area contributed by atoms with Gasteiger partial charge in [0.05, 0.1) is 6.61 Å². The van der Waals surface area contributed by atoms with Gasteiger partial charge >= 0.3 is 0 Å². The third-order valence-electron chi connectivity index (χ3n) is 4.02. The molecule has 0 saturated heterocycles. The number of rotatable bonds is 9. The maximum Gasteiger partial charge on any atom is 0.257 e. The second-order valence-electron chi connectivity index (χ2n) is 6.29. The van der Waals surface area contributed by atoms with E-state index in [-0.39, 0.29) is 11.0 Å². The van der Waals surface area contributed by atoms with Crippen molar-refractivity contribution in [1.82, 2.24) is 5.32 Å². The van der Waals surface area contributed by atoms with E-state index >= 15 is 0 Å². The zero-order valence-corrected chi connectivity index (χ0v) is 16.7. The van der Waals surface area contributed by atoms with Crippen molar-refractivity contribution in [3.8, 4) is 5.75 Å². The average Bonchev–Trinajstić information content (AvgIpc) is 2.68. The number of ether oxygens (including phenoxy) is 1. The third-order valence-corrected chi connectivity index (χ3v) is 4.22. The van der Waals surface area contributed by atoms with Crippen molar-refractivity contribution in [1.29, 1.82) is 0 Å². The number of unbranched alkanes of at least 4 members (excludes halogenated alkanes) is 3. The van der Waals surface area contributed by atoms with Gasteiger partial charge in [0, 0.05) is 16.8 Å². The normalized spacial score (nSPS) is 10.2. The van der Waals surface area contributed by atoms with Gasteiger partial charge in [-0.1, -0.05) is 32.3 Å². The largest absolute Gasteiger partial charge is 0.494 e. The van der Waals surface area contributed by atoms with E-state index in [1.807, 2.05) is 0 Å². The van der Waals surface area contributed by atoms with E-state index in [0.717, 1.165) is 18.6 Å². The van der Waals surface area contributed by atoms with Gasteiger partial charge in [0.15, 0.2) is 5.11 Å². The molecule has 2 aromatic carbocycles. The van der Waals surface area contributed by atoms with Gasteiger partial charge in [0.25, 0.3) is 5.91 Å². The number of amides is 2. The Morgan fingerprint density at radius 2 is 1.79 bits per heavy atom. The van der Waals surface area contributed by atoms with Crippen LogP contribution < -0.4 is 21.1 Å². The van der Waals surface area contributed by atoms with Crippen LogP contribution in [0, 0.1) is 0 Å². The molecule has 0 radical (unpaired) electrons. The number of hydrogen-bond donors (Lipinski definition) is 3. The van der Waals surface area contributed by atoms with Crippen LogP contribution in [0.1, 0.15) is 53.3 Å². The maximum absolute atomic E-state index is 12.3.